The molecule has 4 amide bonds. The molecule has 3 aromatic carbocycles. The number of aryl methyl sites for hydroxylation is 1. The largest absolute Gasteiger partial charge is 0.327 e. The topological polar surface area (TPSA) is 90.5 Å². The standard InChI is InChI=1S/C26H26N4O3/c1-18-14-15-21(28-26(33)27-20-11-6-3-7-12-20)17-22(18)29-24(31)23-13-8-16-30(23)25(32)19-9-4-2-5-10-19/h2-7,9-12,14-15,17,23H,8,13,16H2,1H3,(H,29,31)(H2,27,28,33). The molecule has 1 aliphatic rings. The number of carbonyl (C=O) groups is 3. The maximum absolute atomic E-state index is 13.1. The number of rotatable bonds is 5. The molecule has 0 radical (unpaired) electrons. The molecular formula is C26H26N4O3. The molecule has 0 saturated carbocycles. The van der Waals surface area contributed by atoms with E-state index in [4.69, 9.17) is 0 Å². The zero-order valence-corrected chi connectivity index (χ0v) is 18.4. The minimum atomic E-state index is -0.532. The molecular weight excluding hydrogens is 416 g/mol. The number of urea groups is 1. The smallest absolute Gasteiger partial charge is 0.323 e. The molecule has 0 aromatic heterocycles. The molecule has 0 bridgehead atoms. The van der Waals surface area contributed by atoms with Crippen molar-refractivity contribution in [2.24, 2.45) is 0 Å². The lowest BCUT2D eigenvalue weighted by atomic mass is 10.1. The minimum absolute atomic E-state index is 0.141. The van der Waals surface area contributed by atoms with Crippen LogP contribution in [0.3, 0.4) is 0 Å². The van der Waals surface area contributed by atoms with Crippen LogP contribution in [0.2, 0.25) is 0 Å². The van der Waals surface area contributed by atoms with Crippen LogP contribution in [0.1, 0.15) is 28.8 Å². The first-order chi connectivity index (χ1) is 16.0. The Kier molecular flexibility index (Phi) is 6.69. The predicted octanol–water partition coefficient (Wildman–Crippen LogP) is 4.88. The Hall–Kier alpha value is -4.13. The molecule has 0 aliphatic carbocycles. The predicted molar refractivity (Wildman–Crippen MR) is 129 cm³/mol. The van der Waals surface area contributed by atoms with Crippen LogP contribution in [0, 0.1) is 6.92 Å². The molecule has 1 unspecified atom stereocenters. The van der Waals surface area contributed by atoms with Crippen molar-refractivity contribution in [3.63, 3.8) is 0 Å². The van der Waals surface area contributed by atoms with E-state index in [1.165, 1.54) is 0 Å². The second kappa shape index (κ2) is 9.99. The van der Waals surface area contributed by atoms with Crippen molar-refractivity contribution >= 4 is 34.9 Å². The van der Waals surface area contributed by atoms with Gasteiger partial charge in [-0.1, -0.05) is 42.5 Å². The van der Waals surface area contributed by atoms with E-state index in [-0.39, 0.29) is 17.8 Å². The molecule has 1 aliphatic heterocycles. The lowest BCUT2D eigenvalue weighted by Gasteiger charge is -2.24. The van der Waals surface area contributed by atoms with Crippen LogP contribution in [0.5, 0.6) is 0 Å². The molecule has 0 spiro atoms. The van der Waals surface area contributed by atoms with E-state index in [1.807, 2.05) is 49.4 Å². The Morgan fingerprint density at radius 1 is 0.818 bits per heavy atom. The van der Waals surface area contributed by atoms with Crippen molar-refractivity contribution in [1.82, 2.24) is 4.90 Å². The zero-order chi connectivity index (χ0) is 23.2. The summed E-state index contributed by atoms with van der Waals surface area (Å²) in [6, 6.07) is 22.6. The number of likely N-dealkylation sites (tertiary alicyclic amines) is 1. The molecule has 1 heterocycles. The van der Waals surface area contributed by atoms with Gasteiger partial charge in [-0.2, -0.15) is 0 Å². The first-order valence-electron chi connectivity index (χ1n) is 10.9. The third kappa shape index (κ3) is 5.38. The highest BCUT2D eigenvalue weighted by molar-refractivity contribution is 6.03. The molecule has 4 rings (SSSR count). The number of benzene rings is 3. The Labute approximate surface area is 192 Å². The van der Waals surface area contributed by atoms with Crippen molar-refractivity contribution in [2.45, 2.75) is 25.8 Å². The summed E-state index contributed by atoms with van der Waals surface area (Å²) in [5.41, 5.74) is 3.25. The van der Waals surface area contributed by atoms with Gasteiger partial charge in [-0.25, -0.2) is 4.79 Å². The van der Waals surface area contributed by atoms with E-state index >= 15 is 0 Å². The Bertz CT molecular complexity index is 1150. The summed E-state index contributed by atoms with van der Waals surface area (Å²) in [6.07, 6.45) is 1.39. The molecule has 1 saturated heterocycles. The third-order valence-electron chi connectivity index (χ3n) is 5.62. The second-order valence-corrected chi connectivity index (χ2v) is 7.99. The minimum Gasteiger partial charge on any atom is -0.327 e. The summed E-state index contributed by atoms with van der Waals surface area (Å²) in [5, 5.41) is 8.49. The summed E-state index contributed by atoms with van der Waals surface area (Å²) in [5.74, 6) is -0.372. The molecule has 1 atom stereocenters. The van der Waals surface area contributed by atoms with Crippen molar-refractivity contribution in [1.29, 1.82) is 0 Å². The monoisotopic (exact) mass is 442 g/mol. The summed E-state index contributed by atoms with van der Waals surface area (Å²) in [6.45, 7) is 2.43. The van der Waals surface area contributed by atoms with Gasteiger partial charge in [0.25, 0.3) is 5.91 Å². The summed E-state index contributed by atoms with van der Waals surface area (Å²) >= 11 is 0. The molecule has 1 fully saturated rings. The normalized spacial score (nSPS) is 15.1. The Morgan fingerprint density at radius 2 is 1.48 bits per heavy atom. The first-order valence-corrected chi connectivity index (χ1v) is 10.9. The number of nitrogens with one attached hydrogen (secondary N) is 3. The van der Waals surface area contributed by atoms with Crippen LogP contribution in [0.15, 0.2) is 78.9 Å². The van der Waals surface area contributed by atoms with Crippen LogP contribution < -0.4 is 16.0 Å². The van der Waals surface area contributed by atoms with Crippen molar-refractivity contribution < 1.29 is 14.4 Å². The van der Waals surface area contributed by atoms with Gasteiger partial charge in [-0.15, -0.1) is 0 Å². The van der Waals surface area contributed by atoms with Crippen LogP contribution in [-0.4, -0.2) is 35.3 Å². The number of anilines is 3. The van der Waals surface area contributed by atoms with E-state index in [2.05, 4.69) is 16.0 Å². The van der Waals surface area contributed by atoms with Gasteiger partial charge < -0.3 is 20.9 Å². The summed E-state index contributed by atoms with van der Waals surface area (Å²) < 4.78 is 0. The van der Waals surface area contributed by atoms with E-state index in [0.29, 0.717) is 35.6 Å². The van der Waals surface area contributed by atoms with Gasteiger partial charge in [0, 0.05) is 29.2 Å². The summed E-state index contributed by atoms with van der Waals surface area (Å²) in [7, 11) is 0. The van der Waals surface area contributed by atoms with Crippen LogP contribution in [0.4, 0.5) is 21.9 Å². The highest BCUT2D eigenvalue weighted by Crippen LogP contribution is 2.25. The number of hydrogen-bond acceptors (Lipinski definition) is 3. The fraction of sp³-hybridized carbons (Fsp3) is 0.192. The highest BCUT2D eigenvalue weighted by Gasteiger charge is 2.34. The van der Waals surface area contributed by atoms with E-state index in [9.17, 15) is 14.4 Å². The summed E-state index contributed by atoms with van der Waals surface area (Å²) in [4.78, 5) is 39.9. The number of para-hydroxylation sites is 1. The molecule has 33 heavy (non-hydrogen) atoms. The first kappa shape index (κ1) is 22.1. The Balaban J connectivity index is 1.43. The fourth-order valence-electron chi connectivity index (χ4n) is 3.89. The van der Waals surface area contributed by atoms with E-state index < -0.39 is 6.04 Å². The second-order valence-electron chi connectivity index (χ2n) is 7.99. The number of amides is 4. The fourth-order valence-corrected chi connectivity index (χ4v) is 3.89. The maximum atomic E-state index is 13.1. The van der Waals surface area contributed by atoms with Crippen LogP contribution in [-0.2, 0) is 4.79 Å². The third-order valence-corrected chi connectivity index (χ3v) is 5.62. The van der Waals surface area contributed by atoms with E-state index in [1.54, 1.807) is 41.3 Å². The van der Waals surface area contributed by atoms with Crippen molar-refractivity contribution in [3.05, 3.63) is 90.0 Å². The molecule has 3 aromatic rings. The maximum Gasteiger partial charge on any atom is 0.323 e. The van der Waals surface area contributed by atoms with Gasteiger partial charge in [0.1, 0.15) is 6.04 Å². The number of carbonyl (C=O) groups excluding carboxylic acids is 3. The molecule has 3 N–H and O–H groups in total. The van der Waals surface area contributed by atoms with Crippen molar-refractivity contribution in [2.75, 3.05) is 22.5 Å². The SMILES string of the molecule is Cc1ccc(NC(=O)Nc2ccccc2)cc1NC(=O)C1CCCN1C(=O)c1ccccc1. The van der Waals surface area contributed by atoms with Crippen LogP contribution in [0.25, 0.3) is 0 Å². The van der Waals surface area contributed by atoms with Gasteiger partial charge in [-0.05, 0) is 61.7 Å². The van der Waals surface area contributed by atoms with Gasteiger partial charge in [0.2, 0.25) is 5.91 Å². The Morgan fingerprint density at radius 3 is 2.21 bits per heavy atom. The van der Waals surface area contributed by atoms with Gasteiger partial charge in [-0.3, -0.25) is 9.59 Å². The number of nitrogens with zero attached hydrogens (tertiary/aromatic N) is 1. The molecule has 7 heteroatoms. The average Bonchev–Trinajstić information content (AvgIpc) is 3.32. The van der Waals surface area contributed by atoms with Gasteiger partial charge >= 0.3 is 6.03 Å². The van der Waals surface area contributed by atoms with E-state index in [0.717, 1.165) is 12.0 Å². The molecule has 168 valence electrons. The quantitative estimate of drug-likeness (QED) is 0.526. The van der Waals surface area contributed by atoms with Gasteiger partial charge in [0.05, 0.1) is 0 Å². The lowest BCUT2D eigenvalue weighted by molar-refractivity contribution is -0.119. The molecule has 7 nitrogen and oxygen atoms in total. The van der Waals surface area contributed by atoms with Crippen LogP contribution >= 0.6 is 0 Å². The number of hydrogen-bond donors (Lipinski definition) is 3. The average molecular weight is 443 g/mol. The highest BCUT2D eigenvalue weighted by atomic mass is 16.2. The van der Waals surface area contributed by atoms with Crippen molar-refractivity contribution in [3.8, 4) is 0 Å². The lowest BCUT2D eigenvalue weighted by Crippen LogP contribution is -2.43. The zero-order valence-electron chi connectivity index (χ0n) is 18.4. The van der Waals surface area contributed by atoms with Gasteiger partial charge in [0.15, 0.2) is 0 Å².